The first-order valence-electron chi connectivity index (χ1n) is 5.58. The van der Waals surface area contributed by atoms with Crippen molar-refractivity contribution in [1.82, 2.24) is 4.98 Å². The molecule has 1 N–H and O–H groups in total. The molecule has 1 aromatic carbocycles. The van der Waals surface area contributed by atoms with Gasteiger partial charge in [-0.15, -0.1) is 0 Å². The molecule has 0 fully saturated rings. The predicted molar refractivity (Wildman–Crippen MR) is 75.1 cm³/mol. The molecule has 3 nitrogen and oxygen atoms in total. The summed E-state index contributed by atoms with van der Waals surface area (Å²) in [5, 5.41) is 12.2. The zero-order chi connectivity index (χ0) is 13.0. The molecule has 0 amide bonds. The molecule has 1 heterocycles. The van der Waals surface area contributed by atoms with Crippen molar-refractivity contribution in [3.63, 3.8) is 0 Å². The van der Waals surface area contributed by atoms with Gasteiger partial charge >= 0.3 is 0 Å². The molecule has 2 aromatic rings. The molecule has 2 rings (SSSR count). The van der Waals surface area contributed by atoms with Crippen molar-refractivity contribution in [3.05, 3.63) is 58.3 Å². The Morgan fingerprint density at radius 2 is 2.17 bits per heavy atom. The molecule has 0 aliphatic heterocycles. The van der Waals surface area contributed by atoms with E-state index in [1.54, 1.807) is 18.3 Å². The first-order valence-corrected chi connectivity index (χ1v) is 6.37. The quantitative estimate of drug-likeness (QED) is 0.935. The molecular weight excluding hydrogens is 290 g/mol. The van der Waals surface area contributed by atoms with Crippen LogP contribution >= 0.6 is 15.9 Å². The summed E-state index contributed by atoms with van der Waals surface area (Å²) in [4.78, 5) is 4.31. The summed E-state index contributed by atoms with van der Waals surface area (Å²) in [5.41, 5.74) is 2.57. The first-order chi connectivity index (χ1) is 8.70. The summed E-state index contributed by atoms with van der Waals surface area (Å²) < 4.78 is 0.879. The summed E-state index contributed by atoms with van der Waals surface area (Å²) in [5.74, 6) is 0. The zero-order valence-corrected chi connectivity index (χ0v) is 11.5. The van der Waals surface area contributed by atoms with Crippen molar-refractivity contribution in [1.29, 1.82) is 5.26 Å². The number of nitriles is 1. The molecule has 0 aliphatic rings. The van der Waals surface area contributed by atoms with Gasteiger partial charge in [0.15, 0.2) is 0 Å². The van der Waals surface area contributed by atoms with Gasteiger partial charge in [0.2, 0.25) is 0 Å². The highest BCUT2D eigenvalue weighted by Gasteiger charge is 2.08. The van der Waals surface area contributed by atoms with Gasteiger partial charge in [-0.2, -0.15) is 5.26 Å². The number of rotatable bonds is 3. The molecule has 0 aliphatic carbocycles. The number of aromatic nitrogens is 1. The van der Waals surface area contributed by atoms with Crippen LogP contribution in [0.2, 0.25) is 0 Å². The molecule has 1 atom stereocenters. The second kappa shape index (κ2) is 5.65. The van der Waals surface area contributed by atoms with Gasteiger partial charge in [0.1, 0.15) is 0 Å². The van der Waals surface area contributed by atoms with Crippen molar-refractivity contribution in [3.8, 4) is 6.07 Å². The Bertz CT molecular complexity index is 575. The lowest BCUT2D eigenvalue weighted by molar-refractivity contribution is 0.838. The van der Waals surface area contributed by atoms with Crippen LogP contribution in [0, 0.1) is 11.3 Å². The Morgan fingerprint density at radius 3 is 2.78 bits per heavy atom. The largest absolute Gasteiger partial charge is 0.376 e. The van der Waals surface area contributed by atoms with E-state index in [0.29, 0.717) is 5.56 Å². The molecule has 1 unspecified atom stereocenters. The fraction of sp³-hybridized carbons (Fsp3) is 0.143. The van der Waals surface area contributed by atoms with Crippen LogP contribution in [-0.4, -0.2) is 4.98 Å². The number of nitrogens with zero attached hydrogens (tertiary/aromatic N) is 2. The highest BCUT2D eigenvalue weighted by molar-refractivity contribution is 9.10. The summed E-state index contributed by atoms with van der Waals surface area (Å²) in [6.45, 7) is 2.05. The molecule has 0 bridgehead atoms. The van der Waals surface area contributed by atoms with E-state index in [1.807, 2.05) is 31.2 Å². The van der Waals surface area contributed by atoms with E-state index in [0.717, 1.165) is 15.9 Å². The van der Waals surface area contributed by atoms with Crippen LogP contribution in [0.25, 0.3) is 0 Å². The van der Waals surface area contributed by atoms with Gasteiger partial charge in [0.25, 0.3) is 0 Å². The lowest BCUT2D eigenvalue weighted by atomic mass is 10.2. The maximum absolute atomic E-state index is 8.81. The van der Waals surface area contributed by atoms with Crippen LogP contribution < -0.4 is 5.32 Å². The molecule has 0 saturated carbocycles. The summed E-state index contributed by atoms with van der Waals surface area (Å²) >= 11 is 3.45. The number of hydrogen-bond acceptors (Lipinski definition) is 3. The first kappa shape index (κ1) is 12.6. The number of pyridine rings is 1. The Morgan fingerprint density at radius 1 is 1.33 bits per heavy atom. The van der Waals surface area contributed by atoms with Gasteiger partial charge in [-0.05, 0) is 53.2 Å². The maximum Gasteiger partial charge on any atom is 0.0992 e. The number of benzene rings is 1. The molecule has 4 heteroatoms. The third-order valence-electron chi connectivity index (χ3n) is 2.60. The maximum atomic E-state index is 8.81. The van der Waals surface area contributed by atoms with E-state index < -0.39 is 0 Å². The van der Waals surface area contributed by atoms with Gasteiger partial charge in [-0.1, -0.05) is 6.07 Å². The highest BCUT2D eigenvalue weighted by atomic mass is 79.9. The SMILES string of the molecule is CC(Nc1ccc(C#N)cc1Br)c1ccccn1. The zero-order valence-electron chi connectivity index (χ0n) is 9.89. The highest BCUT2D eigenvalue weighted by Crippen LogP contribution is 2.26. The number of nitrogens with one attached hydrogen (secondary N) is 1. The Balaban J connectivity index is 2.18. The minimum Gasteiger partial charge on any atom is -0.376 e. The van der Waals surface area contributed by atoms with Crippen LogP contribution in [0.3, 0.4) is 0 Å². The molecular formula is C14H12BrN3. The Kier molecular flexibility index (Phi) is 3.96. The van der Waals surface area contributed by atoms with Crippen LogP contribution in [0.5, 0.6) is 0 Å². The van der Waals surface area contributed by atoms with Gasteiger partial charge in [0, 0.05) is 16.4 Å². The number of hydrogen-bond donors (Lipinski definition) is 1. The van der Waals surface area contributed by atoms with Gasteiger partial charge in [-0.25, -0.2) is 0 Å². The van der Waals surface area contributed by atoms with Crippen LogP contribution in [0.4, 0.5) is 5.69 Å². The molecule has 0 saturated heterocycles. The van der Waals surface area contributed by atoms with Gasteiger partial charge in [0.05, 0.1) is 23.4 Å². The monoisotopic (exact) mass is 301 g/mol. The van der Waals surface area contributed by atoms with Gasteiger partial charge < -0.3 is 5.32 Å². The standard InChI is InChI=1S/C14H12BrN3/c1-10(13-4-2-3-7-17-13)18-14-6-5-11(9-16)8-12(14)15/h2-8,10,18H,1H3. The fourth-order valence-corrected chi connectivity index (χ4v) is 2.13. The lowest BCUT2D eigenvalue weighted by Gasteiger charge is -2.16. The average molecular weight is 302 g/mol. The van der Waals surface area contributed by atoms with Crippen molar-refractivity contribution in [2.75, 3.05) is 5.32 Å². The van der Waals surface area contributed by atoms with E-state index in [-0.39, 0.29) is 6.04 Å². The predicted octanol–water partition coefficient (Wildman–Crippen LogP) is 3.89. The van der Waals surface area contributed by atoms with Crippen molar-refractivity contribution in [2.45, 2.75) is 13.0 Å². The molecule has 0 radical (unpaired) electrons. The van der Waals surface area contributed by atoms with Gasteiger partial charge in [-0.3, -0.25) is 4.98 Å². The number of anilines is 1. The second-order valence-corrected chi connectivity index (χ2v) is 4.78. The molecule has 0 spiro atoms. The van der Waals surface area contributed by atoms with Crippen LogP contribution in [0.15, 0.2) is 47.1 Å². The Labute approximate surface area is 115 Å². The van der Waals surface area contributed by atoms with Crippen LogP contribution in [-0.2, 0) is 0 Å². The molecule has 1 aromatic heterocycles. The van der Waals surface area contributed by atoms with E-state index >= 15 is 0 Å². The normalized spacial score (nSPS) is 11.6. The van der Waals surface area contributed by atoms with E-state index in [1.165, 1.54) is 0 Å². The summed E-state index contributed by atoms with van der Waals surface area (Å²) in [6, 6.07) is 13.5. The third-order valence-corrected chi connectivity index (χ3v) is 3.26. The second-order valence-electron chi connectivity index (χ2n) is 3.93. The van der Waals surface area contributed by atoms with Crippen molar-refractivity contribution in [2.24, 2.45) is 0 Å². The van der Waals surface area contributed by atoms with E-state index in [9.17, 15) is 0 Å². The smallest absolute Gasteiger partial charge is 0.0992 e. The molecule has 18 heavy (non-hydrogen) atoms. The van der Waals surface area contributed by atoms with Crippen LogP contribution in [0.1, 0.15) is 24.2 Å². The third kappa shape index (κ3) is 2.88. The van der Waals surface area contributed by atoms with Crippen molar-refractivity contribution >= 4 is 21.6 Å². The van der Waals surface area contributed by atoms with Crippen molar-refractivity contribution < 1.29 is 0 Å². The lowest BCUT2D eigenvalue weighted by Crippen LogP contribution is -2.08. The summed E-state index contributed by atoms with van der Waals surface area (Å²) in [7, 11) is 0. The minimum atomic E-state index is 0.107. The molecule has 90 valence electrons. The summed E-state index contributed by atoms with van der Waals surface area (Å²) in [6.07, 6.45) is 1.78. The Hall–Kier alpha value is -1.86. The van der Waals surface area contributed by atoms with E-state index in [4.69, 9.17) is 5.26 Å². The van der Waals surface area contributed by atoms with E-state index in [2.05, 4.69) is 32.3 Å². The topological polar surface area (TPSA) is 48.7 Å². The minimum absolute atomic E-state index is 0.107. The average Bonchev–Trinajstić information content (AvgIpc) is 2.42. The number of halogens is 1. The fourth-order valence-electron chi connectivity index (χ4n) is 1.64.